The zero-order valence-corrected chi connectivity index (χ0v) is 13.9. The maximum absolute atomic E-state index is 10.9. The van der Waals surface area contributed by atoms with E-state index < -0.39 is 23.3 Å². The summed E-state index contributed by atoms with van der Waals surface area (Å²) in [6, 6.07) is 0. The first-order valence-corrected chi connectivity index (χ1v) is 3.89. The second-order valence-corrected chi connectivity index (χ2v) is 2.36. The number of methoxy groups -OCH3 is 1. The summed E-state index contributed by atoms with van der Waals surface area (Å²) in [5.74, 6) is -3.44. The second-order valence-electron chi connectivity index (χ2n) is 2.36. The fraction of sp³-hybridized carbons (Fsp3) is 0.333. The van der Waals surface area contributed by atoms with Crippen LogP contribution in [0.5, 0.6) is 0 Å². The first kappa shape index (κ1) is 21.5. The molecule has 0 atom stereocenters. The van der Waals surface area contributed by atoms with Gasteiger partial charge in [0.1, 0.15) is 0 Å². The molecule has 0 bridgehead atoms. The smallest absolute Gasteiger partial charge is 0.873 e. The van der Waals surface area contributed by atoms with Crippen molar-refractivity contribution >= 4 is 11.8 Å². The first-order chi connectivity index (χ1) is 6.51. The largest absolute Gasteiger partial charge is 1.00 e. The molecular formula is C9H10Na2O5. The molecule has 0 N–H and O–H groups in total. The third-order valence-electron chi connectivity index (χ3n) is 1.33. The molecule has 16 heavy (non-hydrogen) atoms. The zero-order chi connectivity index (χ0) is 11.1. The van der Waals surface area contributed by atoms with Crippen LogP contribution in [-0.4, -0.2) is 18.9 Å². The molecule has 0 amide bonds. The molecule has 0 radical (unpaired) electrons. The molecule has 5 nitrogen and oxygen atoms in total. The van der Waals surface area contributed by atoms with Crippen LogP contribution >= 0.6 is 0 Å². The van der Waals surface area contributed by atoms with Crippen LogP contribution in [0.4, 0.5) is 0 Å². The SMILES string of the molecule is CCC(=O)C=C([O-])C([O-])=CC(=O)OC.[Na+].[Na+]. The van der Waals surface area contributed by atoms with Gasteiger partial charge in [0.25, 0.3) is 0 Å². The number of carbonyl (C=O) groups is 2. The third kappa shape index (κ3) is 9.45. The Hall–Kier alpha value is 0.220. The predicted molar refractivity (Wildman–Crippen MR) is 43.5 cm³/mol. The van der Waals surface area contributed by atoms with Crippen molar-refractivity contribution in [2.45, 2.75) is 13.3 Å². The molecule has 0 rings (SSSR count). The van der Waals surface area contributed by atoms with E-state index in [0.29, 0.717) is 12.2 Å². The van der Waals surface area contributed by atoms with Crippen LogP contribution in [0.15, 0.2) is 23.7 Å². The maximum Gasteiger partial charge on any atom is 1.00 e. The summed E-state index contributed by atoms with van der Waals surface area (Å²) in [7, 11) is 1.08. The van der Waals surface area contributed by atoms with E-state index >= 15 is 0 Å². The van der Waals surface area contributed by atoms with Crippen molar-refractivity contribution in [2.75, 3.05) is 7.11 Å². The van der Waals surface area contributed by atoms with Gasteiger partial charge in [0.2, 0.25) is 0 Å². The van der Waals surface area contributed by atoms with Crippen molar-refractivity contribution in [1.29, 1.82) is 0 Å². The summed E-state index contributed by atoms with van der Waals surface area (Å²) in [5.41, 5.74) is 0. The van der Waals surface area contributed by atoms with Gasteiger partial charge in [-0.1, -0.05) is 6.92 Å². The first-order valence-electron chi connectivity index (χ1n) is 3.89. The van der Waals surface area contributed by atoms with E-state index in [1.807, 2.05) is 0 Å². The molecule has 0 saturated carbocycles. The minimum absolute atomic E-state index is 0. The van der Waals surface area contributed by atoms with Crippen LogP contribution in [0, 0.1) is 0 Å². The van der Waals surface area contributed by atoms with Gasteiger partial charge in [-0.2, -0.15) is 0 Å². The van der Waals surface area contributed by atoms with Gasteiger partial charge in [0.15, 0.2) is 5.78 Å². The monoisotopic (exact) mass is 244 g/mol. The van der Waals surface area contributed by atoms with Crippen LogP contribution < -0.4 is 69.3 Å². The second kappa shape index (κ2) is 11.7. The van der Waals surface area contributed by atoms with Gasteiger partial charge in [0, 0.05) is 12.5 Å². The topological polar surface area (TPSA) is 89.5 Å². The quantitative estimate of drug-likeness (QED) is 0.161. The Bertz CT molecular complexity index is 266. The van der Waals surface area contributed by atoms with Crippen LogP contribution in [-0.2, 0) is 14.3 Å². The average molecular weight is 244 g/mol. The van der Waals surface area contributed by atoms with Gasteiger partial charge >= 0.3 is 65.1 Å². The Balaban J connectivity index is -0.000000845. The molecule has 0 aliphatic heterocycles. The van der Waals surface area contributed by atoms with Gasteiger partial charge < -0.3 is 14.9 Å². The average Bonchev–Trinajstić information content (AvgIpc) is 2.17. The summed E-state index contributed by atoms with van der Waals surface area (Å²) < 4.78 is 4.14. The minimum atomic E-state index is -1.06. The summed E-state index contributed by atoms with van der Waals surface area (Å²) in [6.45, 7) is 1.56. The molecule has 0 heterocycles. The standard InChI is InChI=1S/C9H12O5.2Na/c1-3-6(10)4-7(11)8(12)5-9(13)14-2;;/h4-5,11-12H,3H2,1-2H3;;/q;2*+1/p-2. The van der Waals surface area contributed by atoms with E-state index in [-0.39, 0.29) is 65.5 Å². The number of hydrogen-bond donors (Lipinski definition) is 0. The van der Waals surface area contributed by atoms with Crippen molar-refractivity contribution in [3.63, 3.8) is 0 Å². The fourth-order valence-corrected chi connectivity index (χ4v) is 0.557. The zero-order valence-electron chi connectivity index (χ0n) is 9.90. The molecule has 0 aromatic heterocycles. The minimum Gasteiger partial charge on any atom is -0.873 e. The molecule has 0 unspecified atom stereocenters. The van der Waals surface area contributed by atoms with Gasteiger partial charge in [-0.3, -0.25) is 4.79 Å². The van der Waals surface area contributed by atoms with E-state index in [9.17, 15) is 19.8 Å². The van der Waals surface area contributed by atoms with Gasteiger partial charge in [-0.25, -0.2) is 4.79 Å². The van der Waals surface area contributed by atoms with Crippen LogP contribution in [0.2, 0.25) is 0 Å². The number of ketones is 1. The molecule has 78 valence electrons. The molecule has 0 saturated heterocycles. The summed E-state index contributed by atoms with van der Waals surface area (Å²) in [6.07, 6.45) is 1.31. The number of esters is 1. The molecule has 7 heteroatoms. The van der Waals surface area contributed by atoms with Crippen molar-refractivity contribution in [3.8, 4) is 0 Å². The molecular weight excluding hydrogens is 234 g/mol. The number of hydrogen-bond acceptors (Lipinski definition) is 5. The van der Waals surface area contributed by atoms with Crippen molar-refractivity contribution < 1.29 is 83.7 Å². The Morgan fingerprint density at radius 1 is 1.12 bits per heavy atom. The molecule has 0 aromatic carbocycles. The third-order valence-corrected chi connectivity index (χ3v) is 1.33. The molecule has 0 fully saturated rings. The van der Waals surface area contributed by atoms with Gasteiger partial charge in [-0.05, 0) is 6.08 Å². The van der Waals surface area contributed by atoms with E-state index in [2.05, 4.69) is 4.74 Å². The van der Waals surface area contributed by atoms with Gasteiger partial charge in [0.05, 0.1) is 7.11 Å². The number of carbonyl (C=O) groups excluding carboxylic acids is 2. The normalized spacial score (nSPS) is 10.9. The van der Waals surface area contributed by atoms with E-state index in [1.54, 1.807) is 6.92 Å². The Morgan fingerprint density at radius 2 is 1.56 bits per heavy atom. The Morgan fingerprint density at radius 3 is 1.94 bits per heavy atom. The molecule has 0 aliphatic rings. The number of rotatable bonds is 4. The summed E-state index contributed by atoms with van der Waals surface area (Å²) in [5, 5.41) is 21.8. The van der Waals surface area contributed by atoms with Crippen LogP contribution in [0.25, 0.3) is 0 Å². The van der Waals surface area contributed by atoms with Gasteiger partial charge in [-0.15, -0.1) is 11.5 Å². The number of ether oxygens (including phenoxy) is 1. The molecule has 0 aromatic rings. The van der Waals surface area contributed by atoms with Crippen molar-refractivity contribution in [3.05, 3.63) is 23.7 Å². The Kier molecular flexibility index (Phi) is 15.7. The van der Waals surface area contributed by atoms with Crippen molar-refractivity contribution in [2.24, 2.45) is 0 Å². The van der Waals surface area contributed by atoms with E-state index in [1.165, 1.54) is 0 Å². The van der Waals surface area contributed by atoms with Crippen LogP contribution in [0.3, 0.4) is 0 Å². The Labute approximate surface area is 138 Å². The molecule has 0 aliphatic carbocycles. The maximum atomic E-state index is 10.9. The number of allylic oxidation sites excluding steroid dienone is 1. The van der Waals surface area contributed by atoms with Crippen LogP contribution in [0.1, 0.15) is 13.3 Å². The summed E-state index contributed by atoms with van der Waals surface area (Å²) in [4.78, 5) is 21.3. The fourth-order valence-electron chi connectivity index (χ4n) is 0.557. The van der Waals surface area contributed by atoms with E-state index in [0.717, 1.165) is 7.11 Å². The van der Waals surface area contributed by atoms with Crippen molar-refractivity contribution in [1.82, 2.24) is 0 Å². The van der Waals surface area contributed by atoms with E-state index in [4.69, 9.17) is 0 Å². The molecule has 0 spiro atoms. The summed E-state index contributed by atoms with van der Waals surface area (Å²) >= 11 is 0. The predicted octanol–water partition coefficient (Wildman–Crippen LogP) is -7.37.